The first kappa shape index (κ1) is 29.3. The van der Waals surface area contributed by atoms with Crippen molar-refractivity contribution in [1.82, 2.24) is 26.1 Å². The largest absolute Gasteiger partial charge is 0.481 e. The molecule has 0 spiro atoms. The Morgan fingerprint density at radius 2 is 1.71 bits per heavy atom. The minimum Gasteiger partial charge on any atom is -0.481 e. The molecule has 4 amide bonds. The monoisotopic (exact) mass is 563 g/mol. The molecule has 2 heterocycles. The molecule has 0 aliphatic carbocycles. The number of carbonyl (C=O) groups is 5. The van der Waals surface area contributed by atoms with E-state index in [1.54, 1.807) is 30.3 Å². The first-order valence-corrected chi connectivity index (χ1v) is 13.5. The summed E-state index contributed by atoms with van der Waals surface area (Å²) in [5, 5.41) is 17.0. The first-order chi connectivity index (χ1) is 19.8. The molecule has 4 rings (SSSR count). The van der Waals surface area contributed by atoms with E-state index in [4.69, 9.17) is 4.84 Å². The number of rotatable bonds is 11. The summed E-state index contributed by atoms with van der Waals surface area (Å²) >= 11 is 0. The van der Waals surface area contributed by atoms with Crippen molar-refractivity contribution >= 4 is 29.6 Å². The molecule has 2 fully saturated rings. The average molecular weight is 564 g/mol. The quantitative estimate of drug-likeness (QED) is 0.237. The fourth-order valence-electron chi connectivity index (χ4n) is 4.76. The van der Waals surface area contributed by atoms with Crippen molar-refractivity contribution in [3.8, 4) is 0 Å². The maximum Gasteiger partial charge on any atom is 0.309 e. The zero-order chi connectivity index (χ0) is 29.2. The van der Waals surface area contributed by atoms with Crippen LogP contribution in [0.2, 0.25) is 0 Å². The standard InChI is InChI=1S/C29H33N5O7/c35-25-14-13-23(32-27(38)21-10-5-2-6-11-21)29(40)34-24(12-7-16-33(25)34)28(39)31-22(18-26(36)37)19-30-41-17-15-20-8-3-1-4-9-20/h1-6,8-11,19,23-24,30H,7,12-18H2,(H,31,39)(H,32,38)(H,36,37)/b22-19-. The summed E-state index contributed by atoms with van der Waals surface area (Å²) in [5.41, 5.74) is 4.01. The Bertz CT molecular complexity index is 1280. The topological polar surface area (TPSA) is 157 Å². The van der Waals surface area contributed by atoms with Gasteiger partial charge in [0.2, 0.25) is 11.8 Å². The number of carboxylic acids is 1. The van der Waals surface area contributed by atoms with Crippen LogP contribution in [0.1, 0.15) is 48.0 Å². The average Bonchev–Trinajstić information content (AvgIpc) is 3.09. The normalized spacial score (nSPS) is 19.2. The third-order valence-corrected chi connectivity index (χ3v) is 6.78. The number of nitrogens with one attached hydrogen (secondary N) is 3. The molecular weight excluding hydrogens is 530 g/mol. The number of aliphatic carboxylic acids is 1. The lowest BCUT2D eigenvalue weighted by atomic mass is 10.1. The van der Waals surface area contributed by atoms with Gasteiger partial charge in [0.15, 0.2) is 0 Å². The summed E-state index contributed by atoms with van der Waals surface area (Å²) in [6.07, 6.45) is 2.18. The van der Waals surface area contributed by atoms with Crippen molar-refractivity contribution in [3.05, 3.63) is 83.7 Å². The zero-order valence-electron chi connectivity index (χ0n) is 22.5. The number of carbonyl (C=O) groups excluding carboxylic acids is 4. The van der Waals surface area contributed by atoms with Gasteiger partial charge < -0.3 is 15.7 Å². The van der Waals surface area contributed by atoms with Gasteiger partial charge >= 0.3 is 5.97 Å². The second-order valence-corrected chi connectivity index (χ2v) is 9.72. The summed E-state index contributed by atoms with van der Waals surface area (Å²) in [4.78, 5) is 69.5. The summed E-state index contributed by atoms with van der Waals surface area (Å²) in [6.45, 7) is 0.551. The van der Waals surface area contributed by atoms with Crippen LogP contribution in [0.4, 0.5) is 0 Å². The Kier molecular flexibility index (Phi) is 10.1. The summed E-state index contributed by atoms with van der Waals surface area (Å²) in [6, 6.07) is 15.9. The van der Waals surface area contributed by atoms with Crippen LogP contribution in [-0.4, -0.2) is 70.0 Å². The molecule has 2 unspecified atom stereocenters. The van der Waals surface area contributed by atoms with Gasteiger partial charge in [-0.15, -0.1) is 0 Å². The highest BCUT2D eigenvalue weighted by Gasteiger charge is 2.44. The lowest BCUT2D eigenvalue weighted by molar-refractivity contribution is -0.175. The van der Waals surface area contributed by atoms with E-state index < -0.39 is 42.2 Å². The molecule has 0 saturated carbocycles. The fourth-order valence-corrected chi connectivity index (χ4v) is 4.76. The summed E-state index contributed by atoms with van der Waals surface area (Å²) in [7, 11) is 0. The van der Waals surface area contributed by atoms with Crippen molar-refractivity contribution in [2.45, 2.75) is 50.6 Å². The van der Waals surface area contributed by atoms with Crippen LogP contribution in [0, 0.1) is 0 Å². The molecule has 2 aromatic rings. The van der Waals surface area contributed by atoms with Crippen LogP contribution in [0.15, 0.2) is 72.6 Å². The van der Waals surface area contributed by atoms with Crippen molar-refractivity contribution in [2.24, 2.45) is 0 Å². The summed E-state index contributed by atoms with van der Waals surface area (Å²) in [5.74, 6) is -3.21. The zero-order valence-corrected chi connectivity index (χ0v) is 22.5. The maximum absolute atomic E-state index is 13.6. The van der Waals surface area contributed by atoms with Crippen molar-refractivity contribution in [1.29, 1.82) is 0 Å². The molecule has 2 aliphatic rings. The molecule has 2 saturated heterocycles. The van der Waals surface area contributed by atoms with E-state index in [9.17, 15) is 29.1 Å². The molecule has 2 atom stereocenters. The maximum atomic E-state index is 13.6. The minimum absolute atomic E-state index is 0.0156. The lowest BCUT2D eigenvalue weighted by Gasteiger charge is -2.43. The third kappa shape index (κ3) is 7.92. The predicted octanol–water partition coefficient (Wildman–Crippen LogP) is 1.51. The molecular formula is C29H33N5O7. The predicted molar refractivity (Wildman–Crippen MR) is 146 cm³/mol. The Morgan fingerprint density at radius 1 is 1.00 bits per heavy atom. The Balaban J connectivity index is 1.43. The first-order valence-electron chi connectivity index (χ1n) is 13.5. The molecule has 4 N–H and O–H groups in total. The molecule has 0 bridgehead atoms. The highest BCUT2D eigenvalue weighted by molar-refractivity contribution is 5.99. The number of hydrazine groups is 1. The highest BCUT2D eigenvalue weighted by atomic mass is 16.6. The molecule has 2 aliphatic heterocycles. The molecule has 41 heavy (non-hydrogen) atoms. The van der Waals surface area contributed by atoms with E-state index >= 15 is 0 Å². The van der Waals surface area contributed by atoms with Crippen LogP contribution < -0.4 is 16.1 Å². The van der Waals surface area contributed by atoms with Crippen molar-refractivity contribution in [2.75, 3.05) is 13.2 Å². The molecule has 12 heteroatoms. The number of hydrogen-bond acceptors (Lipinski definition) is 7. The van der Waals surface area contributed by atoms with E-state index in [1.807, 2.05) is 30.3 Å². The van der Waals surface area contributed by atoms with E-state index in [0.717, 1.165) is 10.6 Å². The molecule has 0 radical (unpaired) electrons. The SMILES string of the molecule is O=C(O)C/C(=C/NOCCc1ccccc1)NC(=O)C1CCCN2C(=O)CCC(NC(=O)c3ccccc3)C(=O)N12. The number of nitrogens with zero attached hydrogens (tertiary/aromatic N) is 2. The number of carboxylic acid groups (broad SMARTS) is 1. The highest BCUT2D eigenvalue weighted by Crippen LogP contribution is 2.25. The van der Waals surface area contributed by atoms with Gasteiger partial charge in [0, 0.05) is 30.4 Å². The van der Waals surface area contributed by atoms with Gasteiger partial charge in [-0.2, -0.15) is 0 Å². The van der Waals surface area contributed by atoms with Gasteiger partial charge in [0.1, 0.15) is 12.1 Å². The van der Waals surface area contributed by atoms with Crippen LogP contribution >= 0.6 is 0 Å². The van der Waals surface area contributed by atoms with E-state index in [-0.39, 0.29) is 37.4 Å². The van der Waals surface area contributed by atoms with Gasteiger partial charge in [0.25, 0.3) is 11.8 Å². The lowest BCUT2D eigenvalue weighted by Crippen LogP contribution is -2.63. The second kappa shape index (κ2) is 14.1. The Morgan fingerprint density at radius 3 is 2.41 bits per heavy atom. The molecule has 216 valence electrons. The molecule has 0 aromatic heterocycles. The minimum atomic E-state index is -1.18. The number of amides is 4. The van der Waals surface area contributed by atoms with Crippen molar-refractivity contribution in [3.63, 3.8) is 0 Å². The fraction of sp³-hybridized carbons (Fsp3) is 0.345. The van der Waals surface area contributed by atoms with Gasteiger partial charge in [-0.05, 0) is 43.4 Å². The van der Waals surface area contributed by atoms with Crippen LogP contribution in [0.25, 0.3) is 0 Å². The van der Waals surface area contributed by atoms with Gasteiger partial charge in [-0.1, -0.05) is 48.5 Å². The third-order valence-electron chi connectivity index (χ3n) is 6.78. The van der Waals surface area contributed by atoms with Gasteiger partial charge in [-0.25, -0.2) is 5.01 Å². The van der Waals surface area contributed by atoms with Gasteiger partial charge in [-0.3, -0.25) is 39.3 Å². The van der Waals surface area contributed by atoms with E-state index in [1.165, 1.54) is 11.2 Å². The van der Waals surface area contributed by atoms with Gasteiger partial charge in [0.05, 0.1) is 13.0 Å². The Labute approximate surface area is 237 Å². The number of benzene rings is 2. The van der Waals surface area contributed by atoms with Crippen LogP contribution in [-0.2, 0) is 30.4 Å². The summed E-state index contributed by atoms with van der Waals surface area (Å²) < 4.78 is 0. The van der Waals surface area contributed by atoms with Crippen LogP contribution in [0.3, 0.4) is 0 Å². The molecule has 12 nitrogen and oxygen atoms in total. The van der Waals surface area contributed by atoms with E-state index in [0.29, 0.717) is 25.0 Å². The van der Waals surface area contributed by atoms with Crippen LogP contribution in [0.5, 0.6) is 0 Å². The van der Waals surface area contributed by atoms with Crippen molar-refractivity contribution < 1.29 is 33.9 Å². The smallest absolute Gasteiger partial charge is 0.309 e. The molecule has 2 aromatic carbocycles. The second-order valence-electron chi connectivity index (χ2n) is 9.72. The Hall–Kier alpha value is -4.71. The number of fused-ring (bicyclic) bond motifs is 1. The number of hydroxylamine groups is 1. The number of hydrogen-bond donors (Lipinski definition) is 4. The van der Waals surface area contributed by atoms with E-state index in [2.05, 4.69) is 16.1 Å².